The van der Waals surface area contributed by atoms with Crippen LogP contribution in [0.4, 0.5) is 0 Å². The van der Waals surface area contributed by atoms with Crippen LogP contribution in [-0.4, -0.2) is 55.5 Å². The molecule has 0 aromatic carbocycles. The van der Waals surface area contributed by atoms with Crippen LogP contribution in [-0.2, 0) is 16.6 Å². The number of morpholine rings is 1. The maximum absolute atomic E-state index is 12.8. The maximum Gasteiger partial charge on any atom is 0.226 e. The molecule has 1 saturated heterocycles. The third-order valence-electron chi connectivity index (χ3n) is 4.98. The Morgan fingerprint density at radius 1 is 1.44 bits per heavy atom. The minimum atomic E-state index is -0.228. The van der Waals surface area contributed by atoms with E-state index in [1.54, 1.807) is 4.68 Å². The van der Waals surface area contributed by atoms with E-state index < -0.39 is 0 Å². The summed E-state index contributed by atoms with van der Waals surface area (Å²) >= 11 is 0. The first-order chi connectivity index (χ1) is 12.0. The van der Waals surface area contributed by atoms with Gasteiger partial charge in [-0.2, -0.15) is 10.2 Å². The Kier molecular flexibility index (Phi) is 4.07. The Hall–Kier alpha value is -2.22. The van der Waals surface area contributed by atoms with Crippen molar-refractivity contribution in [2.75, 3.05) is 19.7 Å². The first kappa shape index (κ1) is 16.3. The molecular formula is C17H24N6O2. The van der Waals surface area contributed by atoms with E-state index in [-0.39, 0.29) is 23.8 Å². The fourth-order valence-corrected chi connectivity index (χ4v) is 3.41. The zero-order chi connectivity index (χ0) is 17.6. The molecule has 0 radical (unpaired) electrons. The van der Waals surface area contributed by atoms with Crippen molar-refractivity contribution in [1.29, 1.82) is 0 Å². The number of carbonyl (C=O) groups excluding carboxylic acids is 1. The van der Waals surface area contributed by atoms with E-state index >= 15 is 0 Å². The molecule has 1 aliphatic heterocycles. The van der Waals surface area contributed by atoms with Crippen LogP contribution in [0.1, 0.15) is 55.4 Å². The Morgan fingerprint density at radius 2 is 2.28 bits per heavy atom. The van der Waals surface area contributed by atoms with Crippen molar-refractivity contribution in [3.8, 4) is 0 Å². The summed E-state index contributed by atoms with van der Waals surface area (Å²) in [5.74, 6) is 2.34. The van der Waals surface area contributed by atoms with Gasteiger partial charge in [-0.3, -0.25) is 14.6 Å². The molecular weight excluding hydrogens is 320 g/mol. The zero-order valence-corrected chi connectivity index (χ0v) is 14.8. The quantitative estimate of drug-likeness (QED) is 0.905. The van der Waals surface area contributed by atoms with Gasteiger partial charge in [-0.25, -0.2) is 4.98 Å². The molecule has 8 nitrogen and oxygen atoms in total. The first-order valence-corrected chi connectivity index (χ1v) is 8.84. The van der Waals surface area contributed by atoms with E-state index in [0.717, 1.165) is 17.8 Å². The largest absolute Gasteiger partial charge is 0.367 e. The van der Waals surface area contributed by atoms with Gasteiger partial charge in [0.2, 0.25) is 5.91 Å². The standard InChI is InChI=1S/C17H24N6O2/c1-10(2)15-19-16(21-20-15)14-9-23(4-5-25-14)17(24)13-6-12(13)11-7-18-22(3)8-11/h7-8,10,12-14H,4-6,9H2,1-3H3,(H,19,20,21)/t12-,13+,14-/m0/s1. The molecule has 1 saturated carbocycles. The molecule has 3 heterocycles. The number of amides is 1. The van der Waals surface area contributed by atoms with E-state index in [4.69, 9.17) is 4.74 Å². The molecule has 8 heteroatoms. The van der Waals surface area contributed by atoms with Crippen LogP contribution in [0.25, 0.3) is 0 Å². The predicted molar refractivity (Wildman–Crippen MR) is 89.8 cm³/mol. The zero-order valence-electron chi connectivity index (χ0n) is 14.8. The van der Waals surface area contributed by atoms with E-state index in [0.29, 0.717) is 31.4 Å². The predicted octanol–water partition coefficient (Wildman–Crippen LogP) is 1.37. The molecule has 25 heavy (non-hydrogen) atoms. The molecule has 1 aliphatic carbocycles. The molecule has 2 aliphatic rings. The Balaban J connectivity index is 1.40. The third-order valence-corrected chi connectivity index (χ3v) is 4.98. The molecule has 1 N–H and O–H groups in total. The number of H-pyrrole nitrogens is 1. The molecule has 0 bridgehead atoms. The summed E-state index contributed by atoms with van der Waals surface area (Å²) in [6, 6.07) is 0. The average molecular weight is 344 g/mol. The Bertz CT molecular complexity index is 767. The van der Waals surface area contributed by atoms with Crippen molar-refractivity contribution < 1.29 is 9.53 Å². The number of aryl methyl sites for hydroxylation is 1. The highest BCUT2D eigenvalue weighted by Crippen LogP contribution is 2.48. The van der Waals surface area contributed by atoms with Gasteiger partial charge in [0.05, 0.1) is 19.3 Å². The number of ether oxygens (including phenoxy) is 1. The van der Waals surface area contributed by atoms with Crippen LogP contribution < -0.4 is 0 Å². The van der Waals surface area contributed by atoms with E-state index in [9.17, 15) is 4.79 Å². The number of hydrogen-bond acceptors (Lipinski definition) is 5. The summed E-state index contributed by atoms with van der Waals surface area (Å²) < 4.78 is 7.60. The Morgan fingerprint density at radius 3 is 2.96 bits per heavy atom. The van der Waals surface area contributed by atoms with Crippen LogP contribution in [0, 0.1) is 5.92 Å². The molecule has 2 aromatic heterocycles. The first-order valence-electron chi connectivity index (χ1n) is 8.84. The van der Waals surface area contributed by atoms with Crippen molar-refractivity contribution in [2.45, 2.75) is 38.2 Å². The van der Waals surface area contributed by atoms with Crippen LogP contribution in [0.3, 0.4) is 0 Å². The summed E-state index contributed by atoms with van der Waals surface area (Å²) in [6.07, 6.45) is 4.55. The van der Waals surface area contributed by atoms with Crippen LogP contribution in [0.15, 0.2) is 12.4 Å². The van der Waals surface area contributed by atoms with Crippen molar-refractivity contribution in [3.63, 3.8) is 0 Å². The summed E-state index contributed by atoms with van der Waals surface area (Å²) in [6.45, 7) is 5.79. The lowest BCUT2D eigenvalue weighted by atomic mass is 10.1. The van der Waals surface area contributed by atoms with Crippen LogP contribution in [0.2, 0.25) is 0 Å². The molecule has 2 fully saturated rings. The topological polar surface area (TPSA) is 88.9 Å². The van der Waals surface area contributed by atoms with E-state index in [1.165, 1.54) is 0 Å². The number of carbonyl (C=O) groups is 1. The minimum Gasteiger partial charge on any atom is -0.367 e. The van der Waals surface area contributed by atoms with Gasteiger partial charge in [0.25, 0.3) is 0 Å². The van der Waals surface area contributed by atoms with Crippen molar-refractivity contribution in [2.24, 2.45) is 13.0 Å². The van der Waals surface area contributed by atoms with Crippen LogP contribution >= 0.6 is 0 Å². The third kappa shape index (κ3) is 3.18. The average Bonchev–Trinajstić information content (AvgIpc) is 3.03. The fraction of sp³-hybridized carbons (Fsp3) is 0.647. The van der Waals surface area contributed by atoms with Crippen LogP contribution in [0.5, 0.6) is 0 Å². The lowest BCUT2D eigenvalue weighted by Gasteiger charge is -2.32. The van der Waals surface area contributed by atoms with Gasteiger partial charge in [-0.05, 0) is 17.9 Å². The molecule has 1 amide bonds. The second kappa shape index (κ2) is 6.25. The highest BCUT2D eigenvalue weighted by atomic mass is 16.5. The van der Waals surface area contributed by atoms with Gasteiger partial charge >= 0.3 is 0 Å². The number of nitrogens with one attached hydrogen (secondary N) is 1. The maximum atomic E-state index is 12.8. The van der Waals surface area contributed by atoms with E-state index in [2.05, 4.69) is 34.1 Å². The van der Waals surface area contributed by atoms with Gasteiger partial charge in [0.1, 0.15) is 6.10 Å². The molecule has 3 atom stereocenters. The van der Waals surface area contributed by atoms with Crippen molar-refractivity contribution in [1.82, 2.24) is 29.9 Å². The monoisotopic (exact) mass is 344 g/mol. The lowest BCUT2D eigenvalue weighted by molar-refractivity contribution is -0.140. The molecule has 2 aromatic rings. The minimum absolute atomic E-state index is 0.0731. The number of rotatable bonds is 4. The Labute approximate surface area is 146 Å². The highest BCUT2D eigenvalue weighted by molar-refractivity contribution is 5.83. The van der Waals surface area contributed by atoms with Gasteiger partial charge < -0.3 is 9.64 Å². The number of aromatic amines is 1. The van der Waals surface area contributed by atoms with Gasteiger partial charge in [-0.1, -0.05) is 13.8 Å². The molecule has 134 valence electrons. The van der Waals surface area contributed by atoms with Crippen molar-refractivity contribution in [3.05, 3.63) is 29.6 Å². The highest BCUT2D eigenvalue weighted by Gasteiger charge is 2.47. The van der Waals surface area contributed by atoms with E-state index in [1.807, 2.05) is 24.3 Å². The van der Waals surface area contributed by atoms with Crippen molar-refractivity contribution >= 4 is 5.91 Å². The second-order valence-corrected chi connectivity index (χ2v) is 7.27. The smallest absolute Gasteiger partial charge is 0.226 e. The second-order valence-electron chi connectivity index (χ2n) is 7.27. The number of hydrogen-bond donors (Lipinski definition) is 1. The fourth-order valence-electron chi connectivity index (χ4n) is 3.41. The number of aromatic nitrogens is 5. The normalized spacial score (nSPS) is 26.2. The summed E-state index contributed by atoms with van der Waals surface area (Å²) in [5.41, 5.74) is 1.16. The van der Waals surface area contributed by atoms with Gasteiger partial charge in [-0.15, -0.1) is 0 Å². The molecule has 4 rings (SSSR count). The summed E-state index contributed by atoms with van der Waals surface area (Å²) in [7, 11) is 1.90. The summed E-state index contributed by atoms with van der Waals surface area (Å²) in [5, 5.41) is 11.4. The van der Waals surface area contributed by atoms with Gasteiger partial charge in [0, 0.05) is 31.6 Å². The summed E-state index contributed by atoms with van der Waals surface area (Å²) in [4.78, 5) is 19.3. The molecule has 0 spiro atoms. The SMILES string of the molecule is CC(C)c1n[nH]c([C@@H]2CN(C(=O)[C@@H]3C[C@H]3c3cnn(C)c3)CCO2)n1. The number of nitrogens with zero attached hydrogens (tertiary/aromatic N) is 5. The van der Waals surface area contributed by atoms with Gasteiger partial charge in [0.15, 0.2) is 11.6 Å². The molecule has 0 unspecified atom stereocenters. The lowest BCUT2D eigenvalue weighted by Crippen LogP contribution is -2.43.